The Kier molecular flexibility index (Phi) is 6.20. The number of aromatic nitrogens is 3. The average molecular weight is 498 g/mol. The molecule has 5 aromatic rings. The van der Waals surface area contributed by atoms with Crippen LogP contribution in [0.4, 0.5) is 0 Å². The fourth-order valence-electron chi connectivity index (χ4n) is 4.46. The van der Waals surface area contributed by atoms with Gasteiger partial charge in [-0.1, -0.05) is 42.5 Å². The van der Waals surface area contributed by atoms with E-state index in [0.29, 0.717) is 21.7 Å². The summed E-state index contributed by atoms with van der Waals surface area (Å²) in [6.45, 7) is 3.82. The molecule has 1 aliphatic heterocycles. The number of rotatable bonds is 0. The summed E-state index contributed by atoms with van der Waals surface area (Å²) in [5.74, 6) is 1.08. The molecule has 2 bridgehead atoms. The van der Waals surface area contributed by atoms with Crippen molar-refractivity contribution in [2.45, 2.75) is 32.1 Å². The SMILES string of the molecule is Cc1ccc2cccc(O)c2n1.Cc1nc2ccccc2[nH]c1=S.O=C1CC(=O)C2c3ccc(o3)C12. The topological polar surface area (TPSA) is 109 Å². The summed E-state index contributed by atoms with van der Waals surface area (Å²) in [6.07, 6.45) is 0.0906. The highest BCUT2D eigenvalue weighted by Gasteiger charge is 2.50. The maximum absolute atomic E-state index is 11.3. The molecular weight excluding hydrogens is 474 g/mol. The molecule has 0 amide bonds. The highest BCUT2D eigenvalue weighted by Crippen LogP contribution is 2.48. The van der Waals surface area contributed by atoms with Crippen LogP contribution in [0, 0.1) is 18.5 Å². The number of hydrogen-bond acceptors (Lipinski definition) is 7. The summed E-state index contributed by atoms with van der Waals surface area (Å²) >= 11 is 5.06. The van der Waals surface area contributed by atoms with Crippen LogP contribution in [0.5, 0.6) is 5.75 Å². The highest BCUT2D eigenvalue weighted by molar-refractivity contribution is 7.71. The van der Waals surface area contributed by atoms with Gasteiger partial charge in [-0.25, -0.2) is 9.97 Å². The van der Waals surface area contributed by atoms with E-state index < -0.39 is 0 Å². The van der Waals surface area contributed by atoms with Crippen LogP contribution >= 0.6 is 12.2 Å². The fourth-order valence-corrected chi connectivity index (χ4v) is 4.62. The molecule has 2 unspecified atom stereocenters. The molecule has 2 atom stereocenters. The zero-order valence-corrected chi connectivity index (χ0v) is 20.5. The van der Waals surface area contributed by atoms with Gasteiger partial charge in [-0.15, -0.1) is 0 Å². The number of benzene rings is 2. The number of pyridine rings is 1. The minimum absolute atomic E-state index is 0.0133. The molecule has 0 spiro atoms. The Balaban J connectivity index is 0.000000111. The van der Waals surface area contributed by atoms with E-state index in [9.17, 15) is 14.7 Å². The first kappa shape index (κ1) is 23.6. The second kappa shape index (κ2) is 9.47. The van der Waals surface area contributed by atoms with Crippen LogP contribution in [0.1, 0.15) is 41.2 Å². The van der Waals surface area contributed by atoms with Crippen LogP contribution in [0.25, 0.3) is 21.9 Å². The van der Waals surface area contributed by atoms with Gasteiger partial charge in [0.15, 0.2) is 11.6 Å². The molecular formula is C28H23N3O4S. The summed E-state index contributed by atoms with van der Waals surface area (Å²) < 4.78 is 5.98. The lowest BCUT2D eigenvalue weighted by Gasteiger charge is -2.05. The number of nitrogens with one attached hydrogen (secondary N) is 1. The Hall–Kier alpha value is -4.17. The van der Waals surface area contributed by atoms with Gasteiger partial charge in [-0.05, 0) is 50.2 Å². The number of aryl methyl sites for hydroxylation is 2. The van der Waals surface area contributed by atoms with E-state index in [4.69, 9.17) is 16.6 Å². The number of aromatic amines is 1. The molecule has 1 saturated carbocycles. The molecule has 0 radical (unpaired) electrons. The van der Waals surface area contributed by atoms with Crippen molar-refractivity contribution >= 4 is 45.7 Å². The molecule has 3 aromatic heterocycles. The van der Waals surface area contributed by atoms with Crippen molar-refractivity contribution in [3.63, 3.8) is 0 Å². The van der Waals surface area contributed by atoms with E-state index in [1.165, 1.54) is 0 Å². The number of aromatic hydroxyl groups is 1. The Morgan fingerprint density at radius 2 is 1.58 bits per heavy atom. The van der Waals surface area contributed by atoms with Crippen molar-refractivity contribution in [1.82, 2.24) is 15.0 Å². The first-order chi connectivity index (χ1) is 17.3. The Morgan fingerprint density at radius 3 is 2.31 bits per heavy atom. The van der Waals surface area contributed by atoms with Gasteiger partial charge in [-0.2, -0.15) is 0 Å². The maximum Gasteiger partial charge on any atom is 0.152 e. The van der Waals surface area contributed by atoms with Gasteiger partial charge in [-0.3, -0.25) is 9.59 Å². The molecule has 4 heterocycles. The number of carbonyl (C=O) groups excluding carboxylic acids is 2. The van der Waals surface area contributed by atoms with E-state index in [2.05, 4.69) is 15.0 Å². The monoisotopic (exact) mass is 497 g/mol. The smallest absolute Gasteiger partial charge is 0.152 e. The number of carbonyl (C=O) groups is 2. The largest absolute Gasteiger partial charge is 0.506 e. The van der Waals surface area contributed by atoms with Crippen molar-refractivity contribution in [1.29, 1.82) is 0 Å². The van der Waals surface area contributed by atoms with E-state index in [-0.39, 0.29) is 35.6 Å². The van der Waals surface area contributed by atoms with Gasteiger partial charge in [0.2, 0.25) is 0 Å². The van der Waals surface area contributed by atoms with Gasteiger partial charge >= 0.3 is 0 Å². The van der Waals surface area contributed by atoms with Gasteiger partial charge in [0.25, 0.3) is 0 Å². The molecule has 7 rings (SSSR count). The van der Waals surface area contributed by atoms with E-state index in [1.807, 2.05) is 62.4 Å². The summed E-state index contributed by atoms with van der Waals surface area (Å²) in [5, 5.41) is 10.4. The molecule has 8 heteroatoms. The summed E-state index contributed by atoms with van der Waals surface area (Å²) in [6, 6.07) is 20.7. The molecule has 7 nitrogen and oxygen atoms in total. The number of fused-ring (bicyclic) bond motifs is 7. The molecule has 0 saturated heterocycles. The van der Waals surface area contributed by atoms with Crippen molar-refractivity contribution in [3.8, 4) is 5.75 Å². The second-order valence-electron chi connectivity index (χ2n) is 8.77. The van der Waals surface area contributed by atoms with Crippen LogP contribution in [-0.2, 0) is 9.59 Å². The third-order valence-electron chi connectivity index (χ3n) is 6.24. The van der Waals surface area contributed by atoms with Crippen molar-refractivity contribution in [3.05, 3.63) is 94.3 Å². The molecule has 180 valence electrons. The average Bonchev–Trinajstić information content (AvgIpc) is 3.56. The number of phenolic OH excluding ortho intramolecular Hbond substituents is 1. The van der Waals surface area contributed by atoms with Gasteiger partial charge < -0.3 is 14.5 Å². The molecule has 36 heavy (non-hydrogen) atoms. The highest BCUT2D eigenvalue weighted by atomic mass is 32.1. The number of phenols is 1. The zero-order chi connectivity index (χ0) is 25.4. The fraction of sp³-hybridized carbons (Fsp3) is 0.179. The van der Waals surface area contributed by atoms with Crippen LogP contribution in [0.15, 0.2) is 71.1 Å². The summed E-state index contributed by atoms with van der Waals surface area (Å²) in [7, 11) is 0. The second-order valence-corrected chi connectivity index (χ2v) is 9.18. The molecule has 2 N–H and O–H groups in total. The molecule has 1 fully saturated rings. The first-order valence-corrected chi connectivity index (χ1v) is 11.9. The third kappa shape index (κ3) is 4.43. The van der Waals surface area contributed by atoms with Gasteiger partial charge in [0.05, 0.1) is 35.0 Å². The quantitative estimate of drug-likeness (QED) is 0.204. The standard InChI is InChI=1S/C10H9NO.C9H8N2S.C9H6O3/c1-7-5-6-8-3-2-4-9(12)10(8)11-7;1-6-9(12)11-8-5-3-2-4-7(8)10-6;10-4-3-5(11)9-7-2-1-6(12-7)8(4)9/h2-6,12H,1H3;2-5H,1H3,(H,11,12);1-2,8-9H,3H2. The van der Waals surface area contributed by atoms with Crippen LogP contribution < -0.4 is 0 Å². The minimum Gasteiger partial charge on any atom is -0.506 e. The maximum atomic E-state index is 11.3. The molecule has 2 aromatic carbocycles. The van der Waals surface area contributed by atoms with Gasteiger partial charge in [0.1, 0.15) is 27.4 Å². The summed E-state index contributed by atoms with van der Waals surface area (Å²) in [5.41, 5.74) is 4.43. The lowest BCUT2D eigenvalue weighted by molar-refractivity contribution is -0.122. The first-order valence-electron chi connectivity index (χ1n) is 11.5. The van der Waals surface area contributed by atoms with Crippen LogP contribution in [0.2, 0.25) is 0 Å². The van der Waals surface area contributed by atoms with E-state index in [0.717, 1.165) is 27.8 Å². The van der Waals surface area contributed by atoms with E-state index in [1.54, 1.807) is 18.2 Å². The number of hydrogen-bond donors (Lipinski definition) is 2. The number of para-hydroxylation sites is 3. The minimum atomic E-state index is -0.266. The predicted molar refractivity (Wildman–Crippen MR) is 139 cm³/mol. The van der Waals surface area contributed by atoms with Crippen molar-refractivity contribution in [2.24, 2.45) is 0 Å². The predicted octanol–water partition coefficient (Wildman–Crippen LogP) is 5.85. The summed E-state index contributed by atoms with van der Waals surface area (Å²) in [4.78, 5) is 34.2. The van der Waals surface area contributed by atoms with Gasteiger partial charge in [0, 0.05) is 11.1 Å². The number of H-pyrrole nitrogens is 1. The number of Topliss-reactive ketones (excluding diaryl/α,β-unsaturated/α-hetero) is 2. The third-order valence-corrected chi connectivity index (χ3v) is 6.64. The van der Waals surface area contributed by atoms with Crippen LogP contribution in [0.3, 0.4) is 0 Å². The Morgan fingerprint density at radius 1 is 0.889 bits per heavy atom. The number of furan rings is 1. The van der Waals surface area contributed by atoms with Crippen LogP contribution in [-0.4, -0.2) is 31.6 Å². The van der Waals surface area contributed by atoms with Crippen molar-refractivity contribution < 1.29 is 19.1 Å². The lowest BCUT2D eigenvalue weighted by atomic mass is 9.90. The van der Waals surface area contributed by atoms with E-state index >= 15 is 0 Å². The Bertz CT molecular complexity index is 1650. The lowest BCUT2D eigenvalue weighted by Crippen LogP contribution is -2.09. The molecule has 2 aliphatic rings. The molecule has 1 aliphatic carbocycles. The normalized spacial score (nSPS) is 17.4. The Labute approximate surface area is 211 Å². The van der Waals surface area contributed by atoms with Crippen molar-refractivity contribution in [2.75, 3.05) is 0 Å². The number of ketones is 2. The zero-order valence-electron chi connectivity index (χ0n) is 19.7. The number of nitrogens with zero attached hydrogens (tertiary/aromatic N) is 2.